The molecular weight excluding hydrogens is 226 g/mol. The number of nitrogens with two attached hydrogens (primary N) is 1. The second-order valence-corrected chi connectivity index (χ2v) is 4.62. The van der Waals surface area contributed by atoms with Gasteiger partial charge in [-0.2, -0.15) is 0 Å². The van der Waals surface area contributed by atoms with Gasteiger partial charge in [0.2, 0.25) is 0 Å². The highest BCUT2D eigenvalue weighted by Crippen LogP contribution is 2.35. The first-order valence-corrected chi connectivity index (χ1v) is 5.37. The maximum Gasteiger partial charge on any atom is 0.313 e. The Hall–Kier alpha value is -1.06. The van der Waals surface area contributed by atoms with Gasteiger partial charge in [0.1, 0.15) is 0 Å². The van der Waals surface area contributed by atoms with Crippen molar-refractivity contribution in [2.24, 2.45) is 11.1 Å². The van der Waals surface area contributed by atoms with E-state index in [1.807, 2.05) is 18.2 Å². The molecule has 0 bridgehead atoms. The maximum absolute atomic E-state index is 11.6. The first kappa shape index (κ1) is 13.0. The Labute approximate surface area is 101 Å². The van der Waals surface area contributed by atoms with Gasteiger partial charge in [-0.25, -0.2) is 0 Å². The minimum atomic E-state index is -0.806. The van der Waals surface area contributed by atoms with E-state index in [9.17, 15) is 4.79 Å². The van der Waals surface area contributed by atoms with Crippen molar-refractivity contribution in [3.8, 4) is 0 Å². The molecule has 1 rings (SSSR count). The lowest BCUT2D eigenvalue weighted by molar-refractivity contribution is -0.152. The molecule has 0 aliphatic rings. The lowest BCUT2D eigenvalue weighted by Gasteiger charge is -2.29. The summed E-state index contributed by atoms with van der Waals surface area (Å²) in [4.78, 5) is 11.6. The molecule has 1 aromatic rings. The van der Waals surface area contributed by atoms with Crippen LogP contribution in [0.4, 0.5) is 0 Å². The third-order valence-electron chi connectivity index (χ3n) is 2.73. The minimum absolute atomic E-state index is 0.347. The van der Waals surface area contributed by atoms with Crippen molar-refractivity contribution in [3.05, 3.63) is 34.9 Å². The van der Waals surface area contributed by atoms with E-state index in [-0.39, 0.29) is 5.97 Å². The van der Waals surface area contributed by atoms with Gasteiger partial charge in [0.15, 0.2) is 0 Å². The van der Waals surface area contributed by atoms with Gasteiger partial charge in [-0.05, 0) is 25.5 Å². The van der Waals surface area contributed by atoms with Crippen molar-refractivity contribution < 1.29 is 9.53 Å². The average Bonchev–Trinajstić information content (AvgIpc) is 2.27. The van der Waals surface area contributed by atoms with Gasteiger partial charge in [-0.15, -0.1) is 0 Å². The Morgan fingerprint density at radius 1 is 1.44 bits per heavy atom. The van der Waals surface area contributed by atoms with Crippen LogP contribution in [0.1, 0.15) is 25.5 Å². The number of benzene rings is 1. The van der Waals surface area contributed by atoms with E-state index >= 15 is 0 Å². The number of halogens is 1. The normalized spacial score (nSPS) is 13.3. The van der Waals surface area contributed by atoms with Gasteiger partial charge in [-0.3, -0.25) is 4.79 Å². The summed E-state index contributed by atoms with van der Waals surface area (Å²) in [7, 11) is 1.35. The van der Waals surface area contributed by atoms with E-state index in [1.165, 1.54) is 7.11 Å². The highest BCUT2D eigenvalue weighted by Gasteiger charge is 2.37. The average molecular weight is 242 g/mol. The van der Waals surface area contributed by atoms with Crippen molar-refractivity contribution in [1.82, 2.24) is 0 Å². The van der Waals surface area contributed by atoms with Gasteiger partial charge in [0.25, 0.3) is 0 Å². The molecule has 0 fully saturated rings. The molecule has 0 heterocycles. The summed E-state index contributed by atoms with van der Waals surface area (Å²) in [5.74, 6) is -0.347. The molecule has 0 saturated heterocycles. The molecule has 0 saturated carbocycles. The summed E-state index contributed by atoms with van der Waals surface area (Å²) in [6, 6.07) is 6.74. The van der Waals surface area contributed by atoms with E-state index in [1.54, 1.807) is 19.9 Å². The molecule has 0 aliphatic heterocycles. The molecule has 0 aromatic heterocycles. The standard InChI is InChI=1S/C12H16ClNO2/c1-12(2,11(15)16-3)10(14)8-6-4-5-7-9(8)13/h4-7,10H,14H2,1-3H3/t10-/m1/s1. The minimum Gasteiger partial charge on any atom is -0.469 e. The van der Waals surface area contributed by atoms with E-state index in [0.717, 1.165) is 5.56 Å². The smallest absolute Gasteiger partial charge is 0.313 e. The van der Waals surface area contributed by atoms with Crippen LogP contribution < -0.4 is 5.73 Å². The molecule has 16 heavy (non-hydrogen) atoms. The number of hydrogen-bond acceptors (Lipinski definition) is 3. The zero-order chi connectivity index (χ0) is 12.3. The lowest BCUT2D eigenvalue weighted by Crippen LogP contribution is -2.37. The summed E-state index contributed by atoms with van der Waals surface area (Å²) in [5.41, 5.74) is 6.01. The van der Waals surface area contributed by atoms with E-state index < -0.39 is 11.5 Å². The number of carbonyl (C=O) groups excluding carboxylic acids is 1. The Balaban J connectivity index is 3.07. The molecule has 0 unspecified atom stereocenters. The molecule has 4 heteroatoms. The summed E-state index contributed by atoms with van der Waals surface area (Å²) in [6.45, 7) is 3.49. The number of carbonyl (C=O) groups is 1. The quantitative estimate of drug-likeness (QED) is 0.828. The summed E-state index contributed by atoms with van der Waals surface area (Å²) < 4.78 is 4.74. The summed E-state index contributed by atoms with van der Waals surface area (Å²) in [6.07, 6.45) is 0. The third-order valence-corrected chi connectivity index (χ3v) is 3.07. The van der Waals surface area contributed by atoms with Crippen molar-refractivity contribution in [3.63, 3.8) is 0 Å². The van der Waals surface area contributed by atoms with Crippen LogP contribution >= 0.6 is 11.6 Å². The van der Waals surface area contributed by atoms with Crippen LogP contribution in [-0.4, -0.2) is 13.1 Å². The molecular formula is C12H16ClNO2. The van der Waals surface area contributed by atoms with Gasteiger partial charge in [-0.1, -0.05) is 29.8 Å². The second-order valence-electron chi connectivity index (χ2n) is 4.21. The Morgan fingerprint density at radius 2 is 2.00 bits per heavy atom. The van der Waals surface area contributed by atoms with Crippen molar-refractivity contribution in [1.29, 1.82) is 0 Å². The zero-order valence-electron chi connectivity index (χ0n) is 9.66. The summed E-state index contributed by atoms with van der Waals surface area (Å²) >= 11 is 6.04. The van der Waals surface area contributed by atoms with Gasteiger partial charge in [0.05, 0.1) is 12.5 Å². The number of esters is 1. The molecule has 1 aromatic carbocycles. The van der Waals surface area contributed by atoms with Gasteiger partial charge >= 0.3 is 5.97 Å². The van der Waals surface area contributed by atoms with Crippen LogP contribution in [0.15, 0.2) is 24.3 Å². The second kappa shape index (κ2) is 4.85. The van der Waals surface area contributed by atoms with E-state index in [2.05, 4.69) is 0 Å². The summed E-state index contributed by atoms with van der Waals surface area (Å²) in [5, 5.41) is 0.562. The molecule has 0 radical (unpaired) electrons. The fourth-order valence-corrected chi connectivity index (χ4v) is 1.76. The predicted octanol–water partition coefficient (Wildman–Crippen LogP) is 2.54. The Morgan fingerprint density at radius 3 is 2.50 bits per heavy atom. The first-order chi connectivity index (χ1) is 7.41. The van der Waals surface area contributed by atoms with Crippen LogP contribution in [0.5, 0.6) is 0 Å². The topological polar surface area (TPSA) is 52.3 Å². The number of methoxy groups -OCH3 is 1. The van der Waals surface area contributed by atoms with Crippen molar-refractivity contribution in [2.45, 2.75) is 19.9 Å². The third kappa shape index (κ3) is 2.36. The predicted molar refractivity (Wildman–Crippen MR) is 64.2 cm³/mol. The largest absolute Gasteiger partial charge is 0.469 e. The molecule has 3 nitrogen and oxygen atoms in total. The highest BCUT2D eigenvalue weighted by atomic mass is 35.5. The van der Waals surface area contributed by atoms with Crippen LogP contribution in [0.25, 0.3) is 0 Å². The molecule has 2 N–H and O–H groups in total. The number of rotatable bonds is 3. The van der Waals surface area contributed by atoms with E-state index in [0.29, 0.717) is 5.02 Å². The maximum atomic E-state index is 11.6. The van der Waals surface area contributed by atoms with Crippen LogP contribution in [0.3, 0.4) is 0 Å². The Bertz CT molecular complexity index is 390. The van der Waals surface area contributed by atoms with Gasteiger partial charge in [0, 0.05) is 11.1 Å². The van der Waals surface area contributed by atoms with Crippen LogP contribution in [0.2, 0.25) is 5.02 Å². The monoisotopic (exact) mass is 241 g/mol. The number of hydrogen-bond donors (Lipinski definition) is 1. The first-order valence-electron chi connectivity index (χ1n) is 4.99. The molecule has 1 atom stereocenters. The van der Waals surface area contributed by atoms with Gasteiger partial charge < -0.3 is 10.5 Å². The highest BCUT2D eigenvalue weighted by molar-refractivity contribution is 6.31. The zero-order valence-corrected chi connectivity index (χ0v) is 10.4. The fraction of sp³-hybridized carbons (Fsp3) is 0.417. The Kier molecular flexibility index (Phi) is 3.94. The SMILES string of the molecule is COC(=O)C(C)(C)[C@H](N)c1ccccc1Cl. The van der Waals surface area contributed by atoms with Crippen molar-refractivity contribution >= 4 is 17.6 Å². The lowest BCUT2D eigenvalue weighted by atomic mass is 9.81. The van der Waals surface area contributed by atoms with Crippen molar-refractivity contribution in [2.75, 3.05) is 7.11 Å². The molecule has 0 aliphatic carbocycles. The van der Waals surface area contributed by atoms with Crippen LogP contribution in [-0.2, 0) is 9.53 Å². The number of ether oxygens (including phenoxy) is 1. The fourth-order valence-electron chi connectivity index (χ4n) is 1.51. The van der Waals surface area contributed by atoms with E-state index in [4.69, 9.17) is 22.1 Å². The van der Waals surface area contributed by atoms with Crippen LogP contribution in [0, 0.1) is 5.41 Å². The molecule has 0 spiro atoms. The molecule has 0 amide bonds. The molecule has 88 valence electrons.